The van der Waals surface area contributed by atoms with Crippen LogP contribution in [0.25, 0.3) is 0 Å². The lowest BCUT2D eigenvalue weighted by atomic mass is 10.2. The molecule has 4 nitrogen and oxygen atoms in total. The van der Waals surface area contributed by atoms with Crippen LogP contribution >= 0.6 is 0 Å². The summed E-state index contributed by atoms with van der Waals surface area (Å²) < 4.78 is 23.0. The Morgan fingerprint density at radius 1 is 1.10 bits per heavy atom. The van der Waals surface area contributed by atoms with Crippen molar-refractivity contribution in [3.8, 4) is 11.5 Å². The van der Waals surface area contributed by atoms with Crippen LogP contribution in [0.5, 0.6) is 11.5 Å². The molecule has 0 aliphatic heterocycles. The second-order valence-corrected chi connectivity index (χ2v) is 6.09. The fourth-order valence-corrected chi connectivity index (χ4v) is 3.33. The van der Waals surface area contributed by atoms with Gasteiger partial charge in [-0.3, -0.25) is 4.21 Å². The number of nitrogen functional groups attached to an aromatic ring is 1. The van der Waals surface area contributed by atoms with Crippen molar-refractivity contribution in [3.63, 3.8) is 0 Å². The summed E-state index contributed by atoms with van der Waals surface area (Å²) in [5.41, 5.74) is 8.44. The fraction of sp³-hybridized carbons (Fsp3) is 0.250. The Morgan fingerprint density at radius 3 is 2.48 bits per heavy atom. The normalized spacial score (nSPS) is 12.0. The molecule has 0 spiro atoms. The molecule has 0 radical (unpaired) electrons. The van der Waals surface area contributed by atoms with Gasteiger partial charge in [-0.15, -0.1) is 0 Å². The molecule has 1 atom stereocenters. The summed E-state index contributed by atoms with van der Waals surface area (Å²) in [5, 5.41) is 0. The van der Waals surface area contributed by atoms with E-state index in [0.29, 0.717) is 27.8 Å². The third kappa shape index (κ3) is 3.36. The topological polar surface area (TPSA) is 61.5 Å². The molecule has 5 heteroatoms. The van der Waals surface area contributed by atoms with Gasteiger partial charge >= 0.3 is 0 Å². The van der Waals surface area contributed by atoms with Gasteiger partial charge in [-0.05, 0) is 36.2 Å². The van der Waals surface area contributed by atoms with Gasteiger partial charge in [0.05, 0.1) is 41.4 Å². The van der Waals surface area contributed by atoms with Crippen molar-refractivity contribution in [1.82, 2.24) is 0 Å². The van der Waals surface area contributed by atoms with E-state index >= 15 is 0 Å². The van der Waals surface area contributed by atoms with Crippen LogP contribution in [0.4, 0.5) is 5.69 Å². The molecule has 0 saturated carbocycles. The number of methoxy groups -OCH3 is 2. The fourth-order valence-electron chi connectivity index (χ4n) is 2.05. The number of anilines is 1. The van der Waals surface area contributed by atoms with E-state index < -0.39 is 10.8 Å². The van der Waals surface area contributed by atoms with Gasteiger partial charge in [-0.2, -0.15) is 0 Å². The van der Waals surface area contributed by atoms with Crippen LogP contribution in [-0.4, -0.2) is 18.4 Å². The first kappa shape index (κ1) is 15.4. The van der Waals surface area contributed by atoms with Gasteiger partial charge in [0.1, 0.15) is 0 Å². The average molecular weight is 305 g/mol. The second kappa shape index (κ2) is 6.63. The molecule has 2 rings (SSSR count). The monoisotopic (exact) mass is 305 g/mol. The van der Waals surface area contributed by atoms with Crippen LogP contribution in [0.3, 0.4) is 0 Å². The van der Waals surface area contributed by atoms with Gasteiger partial charge in [0.25, 0.3) is 0 Å². The zero-order valence-corrected chi connectivity index (χ0v) is 13.2. The number of benzene rings is 2. The minimum absolute atomic E-state index is 0.383. The van der Waals surface area contributed by atoms with E-state index in [1.807, 2.05) is 37.3 Å². The van der Waals surface area contributed by atoms with Gasteiger partial charge in [0.2, 0.25) is 0 Å². The maximum atomic E-state index is 12.5. The largest absolute Gasteiger partial charge is 0.493 e. The highest BCUT2D eigenvalue weighted by molar-refractivity contribution is 7.84. The Balaban J connectivity index is 2.25. The van der Waals surface area contributed by atoms with Crippen molar-refractivity contribution in [2.45, 2.75) is 17.6 Å². The Bertz CT molecular complexity index is 671. The van der Waals surface area contributed by atoms with Gasteiger partial charge in [-0.1, -0.05) is 18.2 Å². The molecule has 0 fully saturated rings. The Hall–Kier alpha value is -2.01. The maximum Gasteiger partial charge on any atom is 0.161 e. The Kier molecular flexibility index (Phi) is 4.85. The lowest BCUT2D eigenvalue weighted by Crippen LogP contribution is -2.03. The van der Waals surface area contributed by atoms with Crippen molar-refractivity contribution in [3.05, 3.63) is 47.5 Å². The molecule has 0 aliphatic carbocycles. The number of hydrogen-bond acceptors (Lipinski definition) is 4. The molecule has 0 heterocycles. The van der Waals surface area contributed by atoms with E-state index in [2.05, 4.69) is 0 Å². The minimum Gasteiger partial charge on any atom is -0.493 e. The summed E-state index contributed by atoms with van der Waals surface area (Å²) >= 11 is 0. The van der Waals surface area contributed by atoms with Crippen molar-refractivity contribution in [1.29, 1.82) is 0 Å². The van der Waals surface area contributed by atoms with Crippen molar-refractivity contribution in [2.75, 3.05) is 20.0 Å². The standard InChI is InChI=1S/C16H19NO3S/c1-11-5-4-6-15(16(11)17)21(18)10-12-7-8-13(19-2)14(9-12)20-3/h4-9H,10,17H2,1-3H3. The number of ether oxygens (including phenoxy) is 2. The minimum atomic E-state index is -1.20. The predicted molar refractivity (Wildman–Crippen MR) is 85.2 cm³/mol. The van der Waals surface area contributed by atoms with E-state index in [4.69, 9.17) is 15.2 Å². The van der Waals surface area contributed by atoms with E-state index in [9.17, 15) is 4.21 Å². The number of nitrogens with two attached hydrogens (primary N) is 1. The third-order valence-corrected chi connectivity index (χ3v) is 4.72. The van der Waals surface area contributed by atoms with E-state index in [1.165, 1.54) is 0 Å². The summed E-state index contributed by atoms with van der Waals surface area (Å²) in [4.78, 5) is 0.671. The highest BCUT2D eigenvalue weighted by atomic mass is 32.2. The SMILES string of the molecule is COc1ccc(CS(=O)c2cccc(C)c2N)cc1OC. The molecular formula is C16H19NO3S. The van der Waals surface area contributed by atoms with Gasteiger partial charge < -0.3 is 15.2 Å². The molecule has 1 unspecified atom stereocenters. The molecule has 0 aliphatic rings. The van der Waals surface area contributed by atoms with Crippen molar-refractivity contribution < 1.29 is 13.7 Å². The van der Waals surface area contributed by atoms with Crippen LogP contribution in [-0.2, 0) is 16.6 Å². The highest BCUT2D eigenvalue weighted by Gasteiger charge is 2.12. The Morgan fingerprint density at radius 2 is 1.81 bits per heavy atom. The zero-order valence-electron chi connectivity index (χ0n) is 12.4. The summed E-state index contributed by atoms with van der Waals surface area (Å²) in [7, 11) is 1.97. The van der Waals surface area contributed by atoms with Crippen LogP contribution in [0.2, 0.25) is 0 Å². The first-order chi connectivity index (χ1) is 10.1. The van der Waals surface area contributed by atoms with Crippen molar-refractivity contribution in [2.24, 2.45) is 0 Å². The smallest absolute Gasteiger partial charge is 0.161 e. The molecule has 2 N–H and O–H groups in total. The second-order valence-electron chi connectivity index (χ2n) is 4.67. The predicted octanol–water partition coefficient (Wildman–Crippen LogP) is 2.90. The number of para-hydroxylation sites is 1. The van der Waals surface area contributed by atoms with E-state index in [0.717, 1.165) is 11.1 Å². The maximum absolute atomic E-state index is 12.5. The van der Waals surface area contributed by atoms with Crippen LogP contribution in [0, 0.1) is 6.92 Å². The molecule has 0 saturated heterocycles. The Labute approximate surface area is 127 Å². The lowest BCUT2D eigenvalue weighted by molar-refractivity contribution is 0.354. The molecule has 0 amide bonds. The summed E-state index contributed by atoms with van der Waals surface area (Å²) in [6, 6.07) is 11.1. The molecule has 112 valence electrons. The number of rotatable bonds is 5. The number of aryl methyl sites for hydroxylation is 1. The first-order valence-corrected chi connectivity index (χ1v) is 7.83. The van der Waals surface area contributed by atoms with Crippen LogP contribution < -0.4 is 15.2 Å². The van der Waals surface area contributed by atoms with Gasteiger partial charge in [0.15, 0.2) is 11.5 Å². The first-order valence-electron chi connectivity index (χ1n) is 6.51. The lowest BCUT2D eigenvalue weighted by Gasteiger charge is -2.11. The van der Waals surface area contributed by atoms with Crippen LogP contribution in [0.1, 0.15) is 11.1 Å². The molecular weight excluding hydrogens is 286 g/mol. The number of hydrogen-bond donors (Lipinski definition) is 1. The third-order valence-electron chi connectivity index (χ3n) is 3.28. The van der Waals surface area contributed by atoms with Gasteiger partial charge in [0, 0.05) is 0 Å². The molecule has 0 aromatic heterocycles. The molecule has 2 aromatic rings. The summed E-state index contributed by atoms with van der Waals surface area (Å²) in [6.45, 7) is 1.91. The summed E-state index contributed by atoms with van der Waals surface area (Å²) in [6.07, 6.45) is 0. The van der Waals surface area contributed by atoms with Gasteiger partial charge in [-0.25, -0.2) is 0 Å². The van der Waals surface area contributed by atoms with E-state index in [-0.39, 0.29) is 0 Å². The average Bonchev–Trinajstić information content (AvgIpc) is 2.49. The summed E-state index contributed by atoms with van der Waals surface area (Å²) in [5.74, 6) is 1.67. The molecule has 2 aromatic carbocycles. The quantitative estimate of drug-likeness (QED) is 0.863. The highest BCUT2D eigenvalue weighted by Crippen LogP contribution is 2.29. The van der Waals surface area contributed by atoms with E-state index in [1.54, 1.807) is 20.3 Å². The zero-order chi connectivity index (χ0) is 15.4. The molecule has 21 heavy (non-hydrogen) atoms. The molecule has 0 bridgehead atoms. The van der Waals surface area contributed by atoms with Crippen LogP contribution in [0.15, 0.2) is 41.3 Å². The van der Waals surface area contributed by atoms with Crippen molar-refractivity contribution >= 4 is 16.5 Å².